The van der Waals surface area contributed by atoms with Crippen molar-refractivity contribution < 1.29 is 23.5 Å². The van der Waals surface area contributed by atoms with Crippen molar-refractivity contribution in [2.75, 3.05) is 12.4 Å². The van der Waals surface area contributed by atoms with Crippen LogP contribution in [0.5, 0.6) is 5.75 Å². The number of nitriles is 1. The molecule has 0 unspecified atom stereocenters. The maximum atomic E-state index is 12.5. The van der Waals surface area contributed by atoms with Gasteiger partial charge >= 0.3 is 5.97 Å². The van der Waals surface area contributed by atoms with Crippen LogP contribution in [0.3, 0.4) is 0 Å². The summed E-state index contributed by atoms with van der Waals surface area (Å²) in [6, 6.07) is 11.6. The van der Waals surface area contributed by atoms with E-state index in [9.17, 15) is 9.59 Å². The van der Waals surface area contributed by atoms with Crippen molar-refractivity contribution in [3.05, 3.63) is 58.3 Å². The second-order valence-electron chi connectivity index (χ2n) is 6.26. The summed E-state index contributed by atoms with van der Waals surface area (Å²) in [6.45, 7) is 3.17. The average Bonchev–Trinajstić information content (AvgIpc) is 3.04. The molecule has 0 radical (unpaired) electrons. The number of hydrogen-bond donors (Lipinski definition) is 1. The Bertz CT molecular complexity index is 1150. The molecule has 0 aliphatic rings. The Kier molecular flexibility index (Phi) is 5.76. The minimum Gasteiger partial charge on any atom is -0.497 e. The number of furan rings is 1. The fourth-order valence-electron chi connectivity index (χ4n) is 2.72. The standard InChI is InChI=1S/C21H17ClN2O5/c1-11-16-9-15(27-3)6-7-18(16)29-19(11)21(26)28-12(2)20(25)24-14-5-4-13(10-23)17(22)8-14/h4-9,12H,1-3H3,(H,24,25)/t12-/m1/s1. The molecular formula is C21H17ClN2O5. The van der Waals surface area contributed by atoms with Gasteiger partial charge < -0.3 is 19.2 Å². The van der Waals surface area contributed by atoms with Crippen LogP contribution < -0.4 is 10.1 Å². The van der Waals surface area contributed by atoms with Crippen molar-refractivity contribution in [2.24, 2.45) is 0 Å². The number of rotatable bonds is 5. The van der Waals surface area contributed by atoms with Crippen molar-refractivity contribution in [3.63, 3.8) is 0 Å². The molecule has 0 aliphatic carbocycles. The largest absolute Gasteiger partial charge is 0.497 e. The van der Waals surface area contributed by atoms with E-state index in [2.05, 4.69) is 5.32 Å². The summed E-state index contributed by atoms with van der Waals surface area (Å²) in [4.78, 5) is 24.9. The SMILES string of the molecule is COc1ccc2oc(C(=O)O[C@H](C)C(=O)Nc3ccc(C#N)c(Cl)c3)c(C)c2c1. The zero-order valence-corrected chi connectivity index (χ0v) is 16.7. The highest BCUT2D eigenvalue weighted by atomic mass is 35.5. The van der Waals surface area contributed by atoms with Crippen LogP contribution in [0, 0.1) is 18.3 Å². The molecule has 3 rings (SSSR count). The lowest BCUT2D eigenvalue weighted by molar-refractivity contribution is -0.123. The lowest BCUT2D eigenvalue weighted by Gasteiger charge is -2.13. The molecule has 1 amide bonds. The third kappa shape index (κ3) is 4.18. The molecule has 0 saturated carbocycles. The summed E-state index contributed by atoms with van der Waals surface area (Å²) in [5.41, 5.74) is 1.78. The highest BCUT2D eigenvalue weighted by Crippen LogP contribution is 2.29. The first-order valence-corrected chi connectivity index (χ1v) is 9.00. The van der Waals surface area contributed by atoms with Gasteiger partial charge in [-0.1, -0.05) is 11.6 Å². The van der Waals surface area contributed by atoms with Crippen molar-refractivity contribution in [1.29, 1.82) is 5.26 Å². The summed E-state index contributed by atoms with van der Waals surface area (Å²) >= 11 is 5.95. The zero-order valence-electron chi connectivity index (χ0n) is 15.9. The number of benzene rings is 2. The van der Waals surface area contributed by atoms with Crippen molar-refractivity contribution in [3.8, 4) is 11.8 Å². The fourth-order valence-corrected chi connectivity index (χ4v) is 2.94. The van der Waals surface area contributed by atoms with Crippen LogP contribution in [0.15, 0.2) is 40.8 Å². The maximum absolute atomic E-state index is 12.5. The highest BCUT2D eigenvalue weighted by Gasteiger charge is 2.24. The Morgan fingerprint density at radius 1 is 1.24 bits per heavy atom. The number of nitrogens with one attached hydrogen (secondary N) is 1. The van der Waals surface area contributed by atoms with Crippen LogP contribution >= 0.6 is 11.6 Å². The van der Waals surface area contributed by atoms with Gasteiger partial charge in [-0.2, -0.15) is 5.26 Å². The van der Waals surface area contributed by atoms with Gasteiger partial charge in [0.2, 0.25) is 5.76 Å². The van der Waals surface area contributed by atoms with Gasteiger partial charge in [0.15, 0.2) is 6.10 Å². The number of esters is 1. The van der Waals surface area contributed by atoms with E-state index in [0.29, 0.717) is 28.1 Å². The molecule has 0 fully saturated rings. The summed E-state index contributed by atoms with van der Waals surface area (Å²) in [7, 11) is 1.55. The summed E-state index contributed by atoms with van der Waals surface area (Å²) in [5, 5.41) is 12.4. The Morgan fingerprint density at radius 2 is 2.00 bits per heavy atom. The molecule has 29 heavy (non-hydrogen) atoms. The second kappa shape index (κ2) is 8.25. The molecular weight excluding hydrogens is 396 g/mol. The summed E-state index contributed by atoms with van der Waals surface area (Å²) < 4.78 is 16.0. The van der Waals surface area contributed by atoms with Crippen LogP contribution in [-0.4, -0.2) is 25.1 Å². The van der Waals surface area contributed by atoms with Gasteiger partial charge in [-0.3, -0.25) is 4.79 Å². The molecule has 148 valence electrons. The summed E-state index contributed by atoms with van der Waals surface area (Å²) in [5.74, 6) is -0.641. The minimum absolute atomic E-state index is 0.0225. The van der Waals surface area contributed by atoms with Gasteiger partial charge in [0.05, 0.1) is 17.7 Å². The van der Waals surface area contributed by atoms with Crippen molar-refractivity contribution in [1.82, 2.24) is 0 Å². The topological polar surface area (TPSA) is 102 Å². The third-order valence-electron chi connectivity index (χ3n) is 4.34. The van der Waals surface area contributed by atoms with E-state index in [1.54, 1.807) is 32.2 Å². The molecule has 0 bridgehead atoms. The minimum atomic E-state index is -1.08. The van der Waals surface area contributed by atoms with Crippen molar-refractivity contribution in [2.45, 2.75) is 20.0 Å². The molecule has 1 atom stereocenters. The molecule has 8 heteroatoms. The Labute approximate surface area is 171 Å². The van der Waals surface area contributed by atoms with Gasteiger partial charge in [-0.05, 0) is 50.2 Å². The lowest BCUT2D eigenvalue weighted by Crippen LogP contribution is -2.30. The van der Waals surface area contributed by atoms with Gasteiger partial charge in [-0.15, -0.1) is 0 Å². The van der Waals surface area contributed by atoms with Crippen LogP contribution in [0.4, 0.5) is 5.69 Å². The number of anilines is 1. The highest BCUT2D eigenvalue weighted by molar-refractivity contribution is 6.32. The van der Waals surface area contributed by atoms with E-state index in [1.165, 1.54) is 25.1 Å². The number of amides is 1. The predicted molar refractivity (Wildman–Crippen MR) is 107 cm³/mol. The van der Waals surface area contributed by atoms with E-state index in [0.717, 1.165) is 5.39 Å². The second-order valence-corrected chi connectivity index (χ2v) is 6.67. The first kappa shape index (κ1) is 20.2. The van der Waals surface area contributed by atoms with Crippen LogP contribution in [-0.2, 0) is 9.53 Å². The van der Waals surface area contributed by atoms with Gasteiger partial charge in [-0.25, -0.2) is 4.79 Å². The Balaban J connectivity index is 1.72. The molecule has 0 spiro atoms. The first-order chi connectivity index (χ1) is 13.8. The van der Waals surface area contributed by atoms with Gasteiger partial charge in [0.25, 0.3) is 5.91 Å². The molecule has 2 aromatic carbocycles. The van der Waals surface area contributed by atoms with Crippen LogP contribution in [0.25, 0.3) is 11.0 Å². The van der Waals surface area contributed by atoms with Gasteiger partial charge in [0, 0.05) is 16.6 Å². The molecule has 1 aromatic heterocycles. The molecule has 1 heterocycles. The zero-order chi connectivity index (χ0) is 21.1. The smallest absolute Gasteiger partial charge is 0.375 e. The average molecular weight is 413 g/mol. The maximum Gasteiger partial charge on any atom is 0.375 e. The number of hydrogen-bond acceptors (Lipinski definition) is 6. The van der Waals surface area contributed by atoms with E-state index in [-0.39, 0.29) is 10.8 Å². The van der Waals surface area contributed by atoms with E-state index >= 15 is 0 Å². The first-order valence-electron chi connectivity index (χ1n) is 8.62. The number of carbonyl (C=O) groups is 2. The lowest BCUT2D eigenvalue weighted by atomic mass is 10.1. The quantitative estimate of drug-likeness (QED) is 0.621. The van der Waals surface area contributed by atoms with E-state index in [1.807, 2.05) is 6.07 Å². The number of methoxy groups -OCH3 is 1. The number of fused-ring (bicyclic) bond motifs is 1. The van der Waals surface area contributed by atoms with E-state index < -0.39 is 18.0 Å². The predicted octanol–water partition coefficient (Wildman–Crippen LogP) is 4.46. The van der Waals surface area contributed by atoms with E-state index in [4.69, 9.17) is 30.8 Å². The molecule has 1 N–H and O–H groups in total. The van der Waals surface area contributed by atoms with Crippen LogP contribution in [0.1, 0.15) is 28.6 Å². The van der Waals surface area contributed by atoms with Crippen LogP contribution in [0.2, 0.25) is 5.02 Å². The van der Waals surface area contributed by atoms with Gasteiger partial charge in [0.1, 0.15) is 17.4 Å². The number of carbonyl (C=O) groups excluding carboxylic acids is 2. The third-order valence-corrected chi connectivity index (χ3v) is 4.65. The summed E-state index contributed by atoms with van der Waals surface area (Å²) in [6.07, 6.45) is -1.08. The molecule has 3 aromatic rings. The number of nitrogens with zero attached hydrogens (tertiary/aromatic N) is 1. The number of halogens is 1. The number of ether oxygens (including phenoxy) is 2. The molecule has 0 aliphatic heterocycles. The monoisotopic (exact) mass is 412 g/mol. The fraction of sp³-hybridized carbons (Fsp3) is 0.190. The molecule has 0 saturated heterocycles. The number of aryl methyl sites for hydroxylation is 1. The van der Waals surface area contributed by atoms with Crippen molar-refractivity contribution >= 4 is 40.1 Å². The normalized spacial score (nSPS) is 11.6. The Hall–Kier alpha value is -3.50. The Morgan fingerprint density at radius 3 is 2.66 bits per heavy atom. The molecule has 7 nitrogen and oxygen atoms in total.